The quantitative estimate of drug-likeness (QED) is 0.115. The van der Waals surface area contributed by atoms with Crippen molar-refractivity contribution in [3.05, 3.63) is 148 Å². The molecule has 2 aliphatic rings. The lowest BCUT2D eigenvalue weighted by Crippen LogP contribution is -2.31. The average Bonchev–Trinajstić information content (AvgIpc) is 3.28. The molecule has 3 nitrogen and oxygen atoms in total. The number of carbonyl (C=O) groups is 2. The molecular weight excluding hydrogens is 571 g/mol. The van der Waals surface area contributed by atoms with E-state index in [1.807, 2.05) is 42.5 Å². The van der Waals surface area contributed by atoms with Crippen molar-refractivity contribution < 1.29 is 9.59 Å². The summed E-state index contributed by atoms with van der Waals surface area (Å²) in [5.74, 6) is -0.412. The minimum atomic E-state index is -0.266. The van der Waals surface area contributed by atoms with Gasteiger partial charge >= 0.3 is 0 Å². The average molecular weight is 602 g/mol. The molecule has 0 amide bonds. The van der Waals surface area contributed by atoms with Crippen LogP contribution in [0.4, 0.5) is 17.1 Å². The molecule has 1 aliphatic carbocycles. The maximum Gasteiger partial charge on any atom is 0.197 e. The molecule has 218 valence electrons. The van der Waals surface area contributed by atoms with Gasteiger partial charge in [-0.05, 0) is 112 Å². The summed E-state index contributed by atoms with van der Waals surface area (Å²) in [4.78, 5) is 30.5. The van der Waals surface area contributed by atoms with E-state index in [9.17, 15) is 9.59 Å². The van der Waals surface area contributed by atoms with Gasteiger partial charge in [-0.1, -0.05) is 74.0 Å². The van der Waals surface area contributed by atoms with Gasteiger partial charge in [0.15, 0.2) is 11.6 Å². The monoisotopic (exact) mass is 601 g/mol. The smallest absolute Gasteiger partial charge is 0.197 e. The molecular formula is C41H31NO2S. The zero-order chi connectivity index (χ0) is 31.0. The summed E-state index contributed by atoms with van der Waals surface area (Å²) in [6, 6.07) is 37.7. The number of carbonyl (C=O) groups excluding carboxylic acids is 2. The highest BCUT2D eigenvalue weighted by molar-refractivity contribution is 7.98. The molecule has 6 aromatic rings. The molecule has 0 aromatic heterocycles. The van der Waals surface area contributed by atoms with Crippen molar-refractivity contribution >= 4 is 68.0 Å². The Hall–Kier alpha value is -4.93. The standard InChI is InChI=1S/C41H31NO2S/c1-24-9-13-29(14-10-24)42-36-18-15-30(45-4)23-35(36)41(2,3)38-31-16-11-25(19-28(31)12-17-37(38)42)20-34-39(43)32-21-26-7-5-6-8-27(26)22-33(32)40(34)44/h5-23H,1-4H3. The Kier molecular flexibility index (Phi) is 6.16. The first-order valence-electron chi connectivity index (χ1n) is 15.2. The zero-order valence-corrected chi connectivity index (χ0v) is 26.5. The zero-order valence-electron chi connectivity index (χ0n) is 25.6. The van der Waals surface area contributed by atoms with Crippen molar-refractivity contribution in [2.45, 2.75) is 31.1 Å². The van der Waals surface area contributed by atoms with E-state index in [0.717, 1.165) is 38.5 Å². The predicted octanol–water partition coefficient (Wildman–Crippen LogP) is 10.6. The number of anilines is 3. The molecule has 0 bridgehead atoms. The Balaban J connectivity index is 1.27. The van der Waals surface area contributed by atoms with Crippen molar-refractivity contribution in [1.82, 2.24) is 0 Å². The number of benzene rings is 6. The molecule has 0 saturated heterocycles. The molecule has 1 aliphatic heterocycles. The topological polar surface area (TPSA) is 37.4 Å². The lowest BCUT2D eigenvalue weighted by molar-refractivity contribution is 0.0990. The largest absolute Gasteiger partial charge is 0.310 e. The van der Waals surface area contributed by atoms with Gasteiger partial charge in [0, 0.05) is 27.1 Å². The van der Waals surface area contributed by atoms with Crippen LogP contribution in [0.3, 0.4) is 0 Å². The molecule has 0 atom stereocenters. The van der Waals surface area contributed by atoms with Crippen molar-refractivity contribution in [2.24, 2.45) is 0 Å². The number of rotatable bonds is 3. The number of hydrogen-bond donors (Lipinski definition) is 0. The minimum Gasteiger partial charge on any atom is -0.310 e. The maximum absolute atomic E-state index is 13.5. The third kappa shape index (κ3) is 4.20. The number of ketones is 2. The van der Waals surface area contributed by atoms with Crippen LogP contribution in [0, 0.1) is 6.92 Å². The molecule has 8 rings (SSSR count). The van der Waals surface area contributed by atoms with Gasteiger partial charge in [0.05, 0.1) is 16.9 Å². The second-order valence-corrected chi connectivity index (χ2v) is 13.5. The van der Waals surface area contributed by atoms with Gasteiger partial charge in [0.1, 0.15) is 0 Å². The molecule has 0 N–H and O–H groups in total. The lowest BCUT2D eigenvalue weighted by Gasteiger charge is -2.43. The molecule has 1 heterocycles. The van der Waals surface area contributed by atoms with Gasteiger partial charge < -0.3 is 4.90 Å². The third-order valence-corrected chi connectivity index (χ3v) is 10.2. The number of aryl methyl sites for hydroxylation is 1. The summed E-state index contributed by atoms with van der Waals surface area (Å²) >= 11 is 1.76. The fraction of sp³-hybridized carbons (Fsp3) is 0.122. The van der Waals surface area contributed by atoms with E-state index in [1.165, 1.54) is 27.3 Å². The molecule has 0 spiro atoms. The van der Waals surface area contributed by atoms with Gasteiger partial charge in [-0.2, -0.15) is 0 Å². The second-order valence-electron chi connectivity index (χ2n) is 12.6. The van der Waals surface area contributed by atoms with Crippen LogP contribution < -0.4 is 4.90 Å². The van der Waals surface area contributed by atoms with Crippen LogP contribution in [0.25, 0.3) is 27.6 Å². The molecule has 45 heavy (non-hydrogen) atoms. The van der Waals surface area contributed by atoms with Gasteiger partial charge in [-0.25, -0.2) is 0 Å². The van der Waals surface area contributed by atoms with Crippen LogP contribution in [-0.2, 0) is 5.41 Å². The Morgan fingerprint density at radius 3 is 2.02 bits per heavy atom. The molecule has 0 fully saturated rings. The number of thioether (sulfide) groups is 1. The van der Waals surface area contributed by atoms with E-state index < -0.39 is 0 Å². The minimum absolute atomic E-state index is 0.206. The lowest BCUT2D eigenvalue weighted by atomic mass is 9.71. The van der Waals surface area contributed by atoms with Crippen LogP contribution in [-0.4, -0.2) is 17.8 Å². The first-order valence-corrected chi connectivity index (χ1v) is 16.4. The maximum atomic E-state index is 13.5. The Labute approximate surface area is 267 Å². The van der Waals surface area contributed by atoms with Crippen LogP contribution >= 0.6 is 11.8 Å². The first kappa shape index (κ1) is 27.6. The number of hydrogen-bond acceptors (Lipinski definition) is 4. The normalized spacial score (nSPS) is 14.9. The van der Waals surface area contributed by atoms with E-state index in [2.05, 4.69) is 98.7 Å². The number of nitrogens with zero attached hydrogens (tertiary/aromatic N) is 1. The highest BCUT2D eigenvalue weighted by Crippen LogP contribution is 2.54. The predicted molar refractivity (Wildman–Crippen MR) is 188 cm³/mol. The Morgan fingerprint density at radius 2 is 1.36 bits per heavy atom. The van der Waals surface area contributed by atoms with E-state index in [-0.39, 0.29) is 22.6 Å². The van der Waals surface area contributed by atoms with E-state index >= 15 is 0 Å². The summed E-state index contributed by atoms with van der Waals surface area (Å²) in [6.07, 6.45) is 3.88. The van der Waals surface area contributed by atoms with Crippen LogP contribution in [0.15, 0.2) is 120 Å². The SMILES string of the molecule is CSc1ccc2c(c1)C(C)(C)c1c(ccc3cc(C=C4C(=O)c5cc6ccccc6cc5C4=O)ccc13)N2c1ccc(C)cc1. The van der Waals surface area contributed by atoms with Crippen molar-refractivity contribution in [3.63, 3.8) is 0 Å². The van der Waals surface area contributed by atoms with Gasteiger partial charge in [0.2, 0.25) is 0 Å². The van der Waals surface area contributed by atoms with E-state index in [1.54, 1.807) is 17.8 Å². The second kappa shape index (κ2) is 10.0. The third-order valence-electron chi connectivity index (χ3n) is 9.47. The highest BCUT2D eigenvalue weighted by atomic mass is 32.2. The fourth-order valence-corrected chi connectivity index (χ4v) is 7.59. The van der Waals surface area contributed by atoms with Crippen LogP contribution in [0.2, 0.25) is 0 Å². The summed E-state index contributed by atoms with van der Waals surface area (Å²) in [7, 11) is 0. The van der Waals surface area contributed by atoms with E-state index in [4.69, 9.17) is 0 Å². The molecule has 4 heteroatoms. The van der Waals surface area contributed by atoms with E-state index in [0.29, 0.717) is 11.1 Å². The summed E-state index contributed by atoms with van der Waals surface area (Å²) in [5, 5.41) is 4.16. The molecule has 0 saturated carbocycles. The van der Waals surface area contributed by atoms with Crippen LogP contribution in [0.1, 0.15) is 56.8 Å². The Morgan fingerprint density at radius 1 is 0.689 bits per heavy atom. The van der Waals surface area contributed by atoms with Crippen molar-refractivity contribution in [1.29, 1.82) is 0 Å². The molecule has 6 aromatic carbocycles. The highest BCUT2D eigenvalue weighted by Gasteiger charge is 2.39. The van der Waals surface area contributed by atoms with Gasteiger partial charge in [-0.3, -0.25) is 9.59 Å². The number of allylic oxidation sites excluding steroid dienone is 1. The first-order chi connectivity index (χ1) is 21.7. The number of fused-ring (bicyclic) bond motifs is 6. The fourth-order valence-electron chi connectivity index (χ4n) is 7.15. The molecule has 0 unspecified atom stereocenters. The number of Topliss-reactive ketones (excluding diaryl/α,β-unsaturated/α-hetero) is 2. The summed E-state index contributed by atoms with van der Waals surface area (Å²) < 4.78 is 0. The van der Waals surface area contributed by atoms with Gasteiger partial charge in [-0.15, -0.1) is 11.8 Å². The van der Waals surface area contributed by atoms with Crippen LogP contribution in [0.5, 0.6) is 0 Å². The van der Waals surface area contributed by atoms with Gasteiger partial charge in [0.25, 0.3) is 0 Å². The van der Waals surface area contributed by atoms with Crippen molar-refractivity contribution in [3.8, 4) is 0 Å². The molecule has 0 radical (unpaired) electrons. The van der Waals surface area contributed by atoms with Crippen molar-refractivity contribution in [2.75, 3.05) is 11.2 Å². The summed E-state index contributed by atoms with van der Waals surface area (Å²) in [6.45, 7) is 6.74. The summed E-state index contributed by atoms with van der Waals surface area (Å²) in [5.41, 5.74) is 9.03. The Bertz CT molecular complexity index is 2220.